The molecule has 0 aliphatic carbocycles. The summed E-state index contributed by atoms with van der Waals surface area (Å²) in [6, 6.07) is 1.56. The number of aryl methyl sites for hydroxylation is 1. The van der Waals surface area contributed by atoms with E-state index in [0.717, 1.165) is 31.2 Å². The van der Waals surface area contributed by atoms with Crippen molar-refractivity contribution in [2.75, 3.05) is 0 Å². The monoisotopic (exact) mass is 268 g/mol. The molecule has 2 nitrogen and oxygen atoms in total. The molecule has 0 unspecified atom stereocenters. The minimum atomic E-state index is -0.0111. The molecule has 3 heteroatoms. The Labute approximate surface area is 114 Å². The van der Waals surface area contributed by atoms with Crippen molar-refractivity contribution in [1.82, 2.24) is 0 Å². The van der Waals surface area contributed by atoms with Crippen molar-refractivity contribution in [3.63, 3.8) is 0 Å². The van der Waals surface area contributed by atoms with E-state index < -0.39 is 0 Å². The Morgan fingerprint density at radius 2 is 1.94 bits per heavy atom. The van der Waals surface area contributed by atoms with E-state index in [2.05, 4.69) is 6.92 Å². The number of halogens is 1. The van der Waals surface area contributed by atoms with Gasteiger partial charge >= 0.3 is 0 Å². The van der Waals surface area contributed by atoms with Crippen molar-refractivity contribution in [3.8, 4) is 5.75 Å². The Balaban J connectivity index is 2.83. The van der Waals surface area contributed by atoms with Crippen LogP contribution in [0.3, 0.4) is 0 Å². The van der Waals surface area contributed by atoms with E-state index in [1.54, 1.807) is 13.0 Å². The van der Waals surface area contributed by atoms with Crippen molar-refractivity contribution < 1.29 is 9.90 Å². The summed E-state index contributed by atoms with van der Waals surface area (Å²) < 4.78 is 0. The van der Waals surface area contributed by atoms with Crippen LogP contribution in [-0.4, -0.2) is 10.9 Å². The zero-order chi connectivity index (χ0) is 13.7. The van der Waals surface area contributed by atoms with Gasteiger partial charge in [0.05, 0.1) is 5.56 Å². The lowest BCUT2D eigenvalue weighted by atomic mass is 9.97. The van der Waals surface area contributed by atoms with Crippen LogP contribution in [0.4, 0.5) is 0 Å². The SMILES string of the molecule is CCCCCCC(=O)c1c(O)cc(C)c(Cl)c1C. The van der Waals surface area contributed by atoms with Gasteiger partial charge in [0.1, 0.15) is 5.75 Å². The third kappa shape index (κ3) is 3.49. The molecule has 0 amide bonds. The fraction of sp³-hybridized carbons (Fsp3) is 0.533. The zero-order valence-electron chi connectivity index (χ0n) is 11.3. The highest BCUT2D eigenvalue weighted by atomic mass is 35.5. The molecule has 0 saturated heterocycles. The van der Waals surface area contributed by atoms with Gasteiger partial charge in [0.15, 0.2) is 5.78 Å². The lowest BCUT2D eigenvalue weighted by Gasteiger charge is -2.11. The molecule has 1 aromatic rings. The number of hydrogen-bond donors (Lipinski definition) is 1. The quantitative estimate of drug-likeness (QED) is 0.593. The molecule has 1 N–H and O–H groups in total. The van der Waals surface area contributed by atoms with Gasteiger partial charge in [-0.15, -0.1) is 0 Å². The highest BCUT2D eigenvalue weighted by Gasteiger charge is 2.17. The Hall–Kier alpha value is -1.02. The summed E-state index contributed by atoms with van der Waals surface area (Å²) in [5.74, 6) is 0.0397. The standard InChI is InChI=1S/C15H21ClO2/c1-4-5-6-7-8-12(17)14-11(3)15(16)10(2)9-13(14)18/h9,18H,4-8H2,1-3H3. The largest absolute Gasteiger partial charge is 0.507 e. The summed E-state index contributed by atoms with van der Waals surface area (Å²) in [4.78, 5) is 12.1. The Kier molecular flexibility index (Phi) is 5.67. The number of carbonyl (C=O) groups is 1. The number of phenolic OH excluding ortho intramolecular Hbond substituents is 1. The summed E-state index contributed by atoms with van der Waals surface area (Å²) >= 11 is 6.12. The summed E-state index contributed by atoms with van der Waals surface area (Å²) in [7, 11) is 0. The second kappa shape index (κ2) is 6.79. The maximum absolute atomic E-state index is 12.1. The van der Waals surface area contributed by atoms with E-state index in [1.165, 1.54) is 0 Å². The van der Waals surface area contributed by atoms with Gasteiger partial charge < -0.3 is 5.11 Å². The van der Waals surface area contributed by atoms with Crippen LogP contribution < -0.4 is 0 Å². The number of aromatic hydroxyl groups is 1. The average Bonchev–Trinajstić information content (AvgIpc) is 2.32. The predicted molar refractivity (Wildman–Crippen MR) is 75.7 cm³/mol. The van der Waals surface area contributed by atoms with Crippen LogP contribution in [0.1, 0.15) is 60.5 Å². The first-order chi connectivity index (χ1) is 8.49. The number of phenols is 1. The number of Topliss-reactive ketones (excluding diaryl/α,β-unsaturated/α-hetero) is 1. The van der Waals surface area contributed by atoms with E-state index in [1.807, 2.05) is 6.92 Å². The van der Waals surface area contributed by atoms with Crippen LogP contribution >= 0.6 is 11.6 Å². The van der Waals surface area contributed by atoms with Crippen molar-refractivity contribution >= 4 is 17.4 Å². The Morgan fingerprint density at radius 1 is 1.28 bits per heavy atom. The number of ketones is 1. The van der Waals surface area contributed by atoms with Crippen molar-refractivity contribution in [3.05, 3.63) is 27.8 Å². The molecule has 0 fully saturated rings. The number of carbonyl (C=O) groups excluding carboxylic acids is 1. The number of unbranched alkanes of at least 4 members (excludes halogenated alkanes) is 3. The van der Waals surface area contributed by atoms with Gasteiger partial charge in [0.2, 0.25) is 0 Å². The molecule has 0 heterocycles. The zero-order valence-corrected chi connectivity index (χ0v) is 12.1. The molecule has 0 radical (unpaired) electrons. The molecule has 0 atom stereocenters. The van der Waals surface area contributed by atoms with Crippen LogP contribution in [-0.2, 0) is 0 Å². The number of rotatable bonds is 6. The van der Waals surface area contributed by atoms with Crippen molar-refractivity contribution in [1.29, 1.82) is 0 Å². The van der Waals surface area contributed by atoms with E-state index in [0.29, 0.717) is 22.6 Å². The van der Waals surface area contributed by atoms with Gasteiger partial charge in [-0.25, -0.2) is 0 Å². The first kappa shape index (κ1) is 15.0. The molecule has 0 aliphatic heterocycles. The van der Waals surface area contributed by atoms with Gasteiger partial charge in [-0.05, 0) is 37.5 Å². The third-order valence-corrected chi connectivity index (χ3v) is 3.78. The molecule has 0 saturated carbocycles. The van der Waals surface area contributed by atoms with Gasteiger partial charge in [-0.1, -0.05) is 37.8 Å². The van der Waals surface area contributed by atoms with Crippen LogP contribution in [0, 0.1) is 13.8 Å². The Morgan fingerprint density at radius 3 is 2.56 bits per heavy atom. The van der Waals surface area contributed by atoms with Crippen molar-refractivity contribution in [2.24, 2.45) is 0 Å². The van der Waals surface area contributed by atoms with Crippen LogP contribution in [0.15, 0.2) is 6.07 Å². The molecule has 0 aromatic heterocycles. The van der Waals surface area contributed by atoms with Gasteiger partial charge in [0.25, 0.3) is 0 Å². The third-order valence-electron chi connectivity index (χ3n) is 3.20. The topological polar surface area (TPSA) is 37.3 Å². The summed E-state index contributed by atoms with van der Waals surface area (Å²) in [5.41, 5.74) is 1.88. The van der Waals surface area contributed by atoms with Gasteiger partial charge in [0, 0.05) is 11.4 Å². The smallest absolute Gasteiger partial charge is 0.166 e. The molecule has 0 bridgehead atoms. The van der Waals surface area contributed by atoms with Crippen LogP contribution in [0.25, 0.3) is 0 Å². The molecule has 1 aromatic carbocycles. The minimum absolute atomic E-state index is 0.0111. The van der Waals surface area contributed by atoms with Crippen molar-refractivity contribution in [2.45, 2.75) is 52.9 Å². The Bertz CT molecular complexity index is 439. The molecular formula is C15H21ClO2. The predicted octanol–water partition coefficient (Wildman–Crippen LogP) is 4.82. The first-order valence-electron chi connectivity index (χ1n) is 6.50. The first-order valence-corrected chi connectivity index (χ1v) is 6.88. The summed E-state index contributed by atoms with van der Waals surface area (Å²) in [6.07, 6.45) is 4.70. The second-order valence-corrected chi connectivity index (χ2v) is 5.14. The molecule has 100 valence electrons. The highest BCUT2D eigenvalue weighted by molar-refractivity contribution is 6.32. The van der Waals surface area contributed by atoms with Crippen LogP contribution in [0.2, 0.25) is 5.02 Å². The van der Waals surface area contributed by atoms with E-state index >= 15 is 0 Å². The fourth-order valence-corrected chi connectivity index (χ4v) is 2.28. The van der Waals surface area contributed by atoms with E-state index in [-0.39, 0.29) is 11.5 Å². The lowest BCUT2D eigenvalue weighted by molar-refractivity contribution is 0.0976. The van der Waals surface area contributed by atoms with Crippen LogP contribution in [0.5, 0.6) is 5.75 Å². The lowest BCUT2D eigenvalue weighted by Crippen LogP contribution is -2.03. The van der Waals surface area contributed by atoms with Gasteiger partial charge in [-0.2, -0.15) is 0 Å². The normalized spacial score (nSPS) is 10.7. The molecule has 1 rings (SSSR count). The molecule has 18 heavy (non-hydrogen) atoms. The van der Waals surface area contributed by atoms with Gasteiger partial charge in [-0.3, -0.25) is 4.79 Å². The number of hydrogen-bond acceptors (Lipinski definition) is 2. The molecular weight excluding hydrogens is 248 g/mol. The van der Waals surface area contributed by atoms with E-state index in [4.69, 9.17) is 11.6 Å². The minimum Gasteiger partial charge on any atom is -0.507 e. The highest BCUT2D eigenvalue weighted by Crippen LogP contribution is 2.32. The maximum Gasteiger partial charge on any atom is 0.166 e. The summed E-state index contributed by atoms with van der Waals surface area (Å²) in [5, 5.41) is 10.5. The average molecular weight is 269 g/mol. The number of benzene rings is 1. The maximum atomic E-state index is 12.1. The second-order valence-electron chi connectivity index (χ2n) is 4.76. The van der Waals surface area contributed by atoms with E-state index in [9.17, 15) is 9.90 Å². The fourth-order valence-electron chi connectivity index (χ4n) is 2.13. The molecule has 0 spiro atoms. The summed E-state index contributed by atoms with van der Waals surface area (Å²) in [6.45, 7) is 5.75. The molecule has 0 aliphatic rings.